The van der Waals surface area contributed by atoms with Gasteiger partial charge in [0, 0.05) is 32.4 Å². The number of nitrogens with one attached hydrogen (secondary N) is 1. The summed E-state index contributed by atoms with van der Waals surface area (Å²) in [6.07, 6.45) is 1.76. The van der Waals surface area contributed by atoms with Gasteiger partial charge in [-0.2, -0.15) is 0 Å². The zero-order chi connectivity index (χ0) is 19.0. The molecule has 0 unspecified atom stereocenters. The number of fused-ring (bicyclic) bond motifs is 1. The minimum absolute atomic E-state index is 0.00318. The molecule has 1 fully saturated rings. The minimum Gasteiger partial charge on any atom is -0.353 e. The molecular formula is C18H23N7O2. The molecule has 2 aromatic heterocycles. The van der Waals surface area contributed by atoms with Crippen molar-refractivity contribution in [1.29, 1.82) is 0 Å². The minimum atomic E-state index is -0.277. The standard InChI is InChI=1S/C18H23N7O2/c1-12(2)13-11-25-16(17(26)20-13)15(21-22-25)18(27)24-9-7-23(8-10-24)14-5-3-4-6-19-14/h3-6,12-13H,7-11H2,1-2H3,(H,20,26)/t13-/m1/s1. The molecular weight excluding hydrogens is 346 g/mol. The van der Waals surface area contributed by atoms with Crippen LogP contribution >= 0.6 is 0 Å². The monoisotopic (exact) mass is 369 g/mol. The molecule has 4 rings (SSSR count). The van der Waals surface area contributed by atoms with E-state index in [0.29, 0.717) is 32.7 Å². The highest BCUT2D eigenvalue weighted by Crippen LogP contribution is 2.19. The molecule has 142 valence electrons. The van der Waals surface area contributed by atoms with Gasteiger partial charge in [0.2, 0.25) is 0 Å². The average molecular weight is 369 g/mol. The van der Waals surface area contributed by atoms with E-state index in [0.717, 1.165) is 5.82 Å². The van der Waals surface area contributed by atoms with Gasteiger partial charge in [0.05, 0.1) is 12.6 Å². The summed E-state index contributed by atoms with van der Waals surface area (Å²) in [5, 5.41) is 11.0. The van der Waals surface area contributed by atoms with Gasteiger partial charge in [0.25, 0.3) is 11.8 Å². The molecule has 1 saturated heterocycles. The van der Waals surface area contributed by atoms with Crippen molar-refractivity contribution in [2.45, 2.75) is 26.4 Å². The molecule has 0 radical (unpaired) electrons. The largest absolute Gasteiger partial charge is 0.353 e. The highest BCUT2D eigenvalue weighted by Gasteiger charge is 2.35. The van der Waals surface area contributed by atoms with E-state index >= 15 is 0 Å². The summed E-state index contributed by atoms with van der Waals surface area (Å²) in [5.41, 5.74) is 0.407. The van der Waals surface area contributed by atoms with Crippen LogP contribution < -0.4 is 10.2 Å². The second kappa shape index (κ2) is 6.98. The lowest BCUT2D eigenvalue weighted by Crippen LogP contribution is -2.50. The molecule has 9 nitrogen and oxygen atoms in total. The van der Waals surface area contributed by atoms with E-state index in [1.165, 1.54) is 0 Å². The van der Waals surface area contributed by atoms with Crippen LogP contribution in [0.5, 0.6) is 0 Å². The molecule has 2 aliphatic heterocycles. The number of hydrogen-bond acceptors (Lipinski definition) is 6. The number of hydrogen-bond donors (Lipinski definition) is 1. The highest BCUT2D eigenvalue weighted by molar-refractivity contribution is 6.05. The van der Waals surface area contributed by atoms with Gasteiger partial charge in [-0.15, -0.1) is 5.10 Å². The van der Waals surface area contributed by atoms with Crippen LogP contribution in [0, 0.1) is 5.92 Å². The molecule has 9 heteroatoms. The summed E-state index contributed by atoms with van der Waals surface area (Å²) in [5.74, 6) is 0.672. The van der Waals surface area contributed by atoms with Gasteiger partial charge in [-0.25, -0.2) is 9.67 Å². The van der Waals surface area contributed by atoms with Gasteiger partial charge in [0.15, 0.2) is 11.4 Å². The molecule has 0 spiro atoms. The lowest BCUT2D eigenvalue weighted by atomic mass is 10.0. The van der Waals surface area contributed by atoms with Crippen LogP contribution in [0.2, 0.25) is 0 Å². The maximum Gasteiger partial charge on any atom is 0.277 e. The van der Waals surface area contributed by atoms with Crippen molar-refractivity contribution in [3.8, 4) is 0 Å². The lowest BCUT2D eigenvalue weighted by molar-refractivity contribution is 0.0730. The number of amides is 2. The number of aromatic nitrogens is 4. The number of piperazine rings is 1. The molecule has 0 saturated carbocycles. The van der Waals surface area contributed by atoms with E-state index < -0.39 is 0 Å². The number of carbonyl (C=O) groups excluding carboxylic acids is 2. The van der Waals surface area contributed by atoms with Crippen molar-refractivity contribution in [2.24, 2.45) is 5.92 Å². The lowest BCUT2D eigenvalue weighted by Gasteiger charge is -2.35. The molecule has 2 amide bonds. The van der Waals surface area contributed by atoms with Crippen LogP contribution in [-0.2, 0) is 6.54 Å². The van der Waals surface area contributed by atoms with Crippen molar-refractivity contribution in [1.82, 2.24) is 30.2 Å². The zero-order valence-electron chi connectivity index (χ0n) is 15.5. The predicted molar refractivity (Wildman–Crippen MR) is 98.5 cm³/mol. The van der Waals surface area contributed by atoms with E-state index in [2.05, 4.69) is 25.5 Å². The summed E-state index contributed by atoms with van der Waals surface area (Å²) in [6.45, 7) is 7.10. The van der Waals surface area contributed by atoms with E-state index in [4.69, 9.17) is 0 Å². The predicted octanol–water partition coefficient (Wildman–Crippen LogP) is 0.404. The van der Waals surface area contributed by atoms with Crippen molar-refractivity contribution >= 4 is 17.6 Å². The van der Waals surface area contributed by atoms with Crippen LogP contribution in [-0.4, -0.2) is 68.9 Å². The second-order valence-electron chi connectivity index (χ2n) is 7.26. The van der Waals surface area contributed by atoms with E-state index in [9.17, 15) is 9.59 Å². The topological polar surface area (TPSA) is 96.2 Å². The van der Waals surface area contributed by atoms with E-state index in [-0.39, 0.29) is 35.2 Å². The first kappa shape index (κ1) is 17.4. The Hall–Kier alpha value is -2.97. The number of anilines is 1. The van der Waals surface area contributed by atoms with Crippen LogP contribution in [0.25, 0.3) is 0 Å². The Kier molecular flexibility index (Phi) is 4.51. The summed E-state index contributed by atoms with van der Waals surface area (Å²) in [7, 11) is 0. The quantitative estimate of drug-likeness (QED) is 0.842. The molecule has 1 atom stereocenters. The van der Waals surface area contributed by atoms with Crippen LogP contribution in [0.15, 0.2) is 24.4 Å². The summed E-state index contributed by atoms with van der Waals surface area (Å²) in [4.78, 5) is 33.7. The normalized spacial score (nSPS) is 19.8. The Balaban J connectivity index is 1.47. The maximum absolute atomic E-state index is 12.9. The third-order valence-electron chi connectivity index (χ3n) is 5.18. The molecule has 1 N–H and O–H groups in total. The van der Waals surface area contributed by atoms with E-state index in [1.54, 1.807) is 15.8 Å². The number of nitrogens with zero attached hydrogens (tertiary/aromatic N) is 6. The molecule has 0 bridgehead atoms. The highest BCUT2D eigenvalue weighted by atomic mass is 16.2. The Morgan fingerprint density at radius 3 is 2.67 bits per heavy atom. The molecule has 4 heterocycles. The van der Waals surface area contributed by atoms with E-state index in [1.807, 2.05) is 32.0 Å². The maximum atomic E-state index is 12.9. The number of rotatable bonds is 3. The molecule has 0 aliphatic carbocycles. The fourth-order valence-corrected chi connectivity index (χ4v) is 3.49. The fourth-order valence-electron chi connectivity index (χ4n) is 3.49. The first-order chi connectivity index (χ1) is 13.0. The Bertz CT molecular complexity index is 841. The van der Waals surface area contributed by atoms with Gasteiger partial charge in [-0.05, 0) is 18.1 Å². The van der Waals surface area contributed by atoms with Gasteiger partial charge >= 0.3 is 0 Å². The molecule has 2 aromatic rings. The Labute approximate surface area is 157 Å². The molecule has 0 aromatic carbocycles. The van der Waals surface area contributed by atoms with Crippen molar-refractivity contribution in [3.63, 3.8) is 0 Å². The average Bonchev–Trinajstić information content (AvgIpc) is 3.13. The first-order valence-electron chi connectivity index (χ1n) is 9.24. The third kappa shape index (κ3) is 3.24. The Morgan fingerprint density at radius 1 is 1.22 bits per heavy atom. The van der Waals surface area contributed by atoms with Crippen molar-refractivity contribution in [3.05, 3.63) is 35.8 Å². The third-order valence-corrected chi connectivity index (χ3v) is 5.18. The van der Waals surface area contributed by atoms with Gasteiger partial charge in [0.1, 0.15) is 5.82 Å². The zero-order valence-corrected chi connectivity index (χ0v) is 15.5. The number of carbonyl (C=O) groups is 2. The van der Waals surface area contributed by atoms with Crippen molar-refractivity contribution < 1.29 is 9.59 Å². The van der Waals surface area contributed by atoms with Gasteiger partial charge < -0.3 is 15.1 Å². The van der Waals surface area contributed by atoms with Crippen molar-refractivity contribution in [2.75, 3.05) is 31.1 Å². The summed E-state index contributed by atoms with van der Waals surface area (Å²) >= 11 is 0. The smallest absolute Gasteiger partial charge is 0.277 e. The molecule has 27 heavy (non-hydrogen) atoms. The summed E-state index contributed by atoms with van der Waals surface area (Å²) in [6, 6.07) is 5.79. The Morgan fingerprint density at radius 2 is 2.00 bits per heavy atom. The fraction of sp³-hybridized carbons (Fsp3) is 0.500. The van der Waals surface area contributed by atoms with Crippen LogP contribution in [0.1, 0.15) is 34.8 Å². The SMILES string of the molecule is CC(C)[C@H]1Cn2nnc(C(=O)N3CCN(c4ccccn4)CC3)c2C(=O)N1. The first-order valence-corrected chi connectivity index (χ1v) is 9.24. The van der Waals surface area contributed by atoms with Gasteiger partial charge in [-0.3, -0.25) is 9.59 Å². The second-order valence-corrected chi connectivity index (χ2v) is 7.26. The van der Waals surface area contributed by atoms with Gasteiger partial charge in [-0.1, -0.05) is 25.1 Å². The number of pyridine rings is 1. The molecule has 2 aliphatic rings. The van der Waals surface area contributed by atoms with Crippen LogP contribution in [0.4, 0.5) is 5.82 Å². The van der Waals surface area contributed by atoms with Crippen LogP contribution in [0.3, 0.4) is 0 Å². The summed E-state index contributed by atoms with van der Waals surface area (Å²) < 4.78 is 1.56.